The molecule has 1 saturated carbocycles. The molecule has 1 atom stereocenters. The van der Waals surface area contributed by atoms with Crippen LogP contribution < -0.4 is 5.32 Å². The summed E-state index contributed by atoms with van der Waals surface area (Å²) < 4.78 is -0.482. The minimum Gasteiger partial charge on any atom is -0.356 e. The highest BCUT2D eigenvalue weighted by atomic mass is 32.1. The van der Waals surface area contributed by atoms with Gasteiger partial charge in [0.05, 0.1) is 5.92 Å². The summed E-state index contributed by atoms with van der Waals surface area (Å²) in [5.41, 5.74) is 0.221. The SMILES string of the molecule is CC(C)(C)CCNC(=O)C1CCC(CN2C(=O)CC(C(C)(C)S)C2=O)CC1. The summed E-state index contributed by atoms with van der Waals surface area (Å²) in [7, 11) is 0. The maximum atomic E-state index is 12.6. The average Bonchev–Trinajstić information content (AvgIpc) is 2.82. The molecule has 0 spiro atoms. The second-order valence-corrected chi connectivity index (χ2v) is 11.2. The highest BCUT2D eigenvalue weighted by molar-refractivity contribution is 7.81. The molecule has 0 bridgehead atoms. The van der Waals surface area contributed by atoms with Gasteiger partial charge in [-0.25, -0.2) is 0 Å². The monoisotopic (exact) mass is 396 g/mol. The number of nitrogens with zero attached hydrogens (tertiary/aromatic N) is 1. The Morgan fingerprint density at radius 3 is 2.19 bits per heavy atom. The molecule has 1 aliphatic heterocycles. The predicted molar refractivity (Wildman–Crippen MR) is 110 cm³/mol. The van der Waals surface area contributed by atoms with Crippen LogP contribution in [0.2, 0.25) is 0 Å². The van der Waals surface area contributed by atoms with Crippen LogP contribution >= 0.6 is 12.6 Å². The normalized spacial score (nSPS) is 27.2. The molecule has 0 aromatic carbocycles. The van der Waals surface area contributed by atoms with Gasteiger partial charge in [-0.05, 0) is 43.4 Å². The number of carbonyl (C=O) groups is 3. The van der Waals surface area contributed by atoms with Crippen molar-refractivity contribution in [3.8, 4) is 0 Å². The van der Waals surface area contributed by atoms with E-state index in [2.05, 4.69) is 38.7 Å². The topological polar surface area (TPSA) is 66.5 Å². The molecule has 1 heterocycles. The molecule has 5 nitrogen and oxygen atoms in total. The first-order valence-electron chi connectivity index (χ1n) is 10.2. The van der Waals surface area contributed by atoms with E-state index < -0.39 is 4.75 Å². The van der Waals surface area contributed by atoms with E-state index in [0.717, 1.165) is 38.6 Å². The number of hydrogen-bond donors (Lipinski definition) is 2. The Hall–Kier alpha value is -1.04. The molecule has 154 valence electrons. The summed E-state index contributed by atoms with van der Waals surface area (Å²) in [6, 6.07) is 0. The molecular formula is C21H36N2O3S. The highest BCUT2D eigenvalue weighted by Gasteiger charge is 2.45. The van der Waals surface area contributed by atoms with Gasteiger partial charge in [-0.15, -0.1) is 0 Å². The lowest BCUT2D eigenvalue weighted by Crippen LogP contribution is -2.40. The fourth-order valence-corrected chi connectivity index (χ4v) is 4.20. The van der Waals surface area contributed by atoms with E-state index in [1.807, 2.05) is 13.8 Å². The van der Waals surface area contributed by atoms with Gasteiger partial charge in [0, 0.05) is 30.2 Å². The van der Waals surface area contributed by atoms with Gasteiger partial charge >= 0.3 is 0 Å². The van der Waals surface area contributed by atoms with E-state index in [1.165, 1.54) is 4.90 Å². The molecule has 0 radical (unpaired) electrons. The molecule has 2 fully saturated rings. The van der Waals surface area contributed by atoms with E-state index in [0.29, 0.717) is 12.5 Å². The second kappa shape index (κ2) is 8.54. The lowest BCUT2D eigenvalue weighted by atomic mass is 9.81. The molecule has 1 saturated heterocycles. The Morgan fingerprint density at radius 1 is 1.11 bits per heavy atom. The zero-order valence-corrected chi connectivity index (χ0v) is 18.4. The molecule has 1 aliphatic carbocycles. The van der Waals surface area contributed by atoms with Crippen molar-refractivity contribution in [3.63, 3.8) is 0 Å². The second-order valence-electron chi connectivity index (χ2n) is 10.1. The van der Waals surface area contributed by atoms with Gasteiger partial charge in [0.2, 0.25) is 17.7 Å². The van der Waals surface area contributed by atoms with Gasteiger partial charge in [0.15, 0.2) is 0 Å². The van der Waals surface area contributed by atoms with Crippen LogP contribution in [-0.2, 0) is 14.4 Å². The molecule has 1 unspecified atom stereocenters. The quantitative estimate of drug-likeness (QED) is 0.534. The van der Waals surface area contributed by atoms with Gasteiger partial charge in [-0.1, -0.05) is 34.6 Å². The highest BCUT2D eigenvalue weighted by Crippen LogP contribution is 2.36. The number of likely N-dealkylation sites (tertiary alicyclic amines) is 1. The minimum absolute atomic E-state index is 0.0651. The largest absolute Gasteiger partial charge is 0.356 e. The number of carbonyl (C=O) groups excluding carboxylic acids is 3. The van der Waals surface area contributed by atoms with Crippen LogP contribution in [0.5, 0.6) is 0 Å². The Labute approximate surface area is 169 Å². The van der Waals surface area contributed by atoms with Crippen molar-refractivity contribution >= 4 is 30.4 Å². The van der Waals surface area contributed by atoms with Crippen LogP contribution in [0.4, 0.5) is 0 Å². The van der Waals surface area contributed by atoms with E-state index >= 15 is 0 Å². The van der Waals surface area contributed by atoms with Crippen LogP contribution in [0.25, 0.3) is 0 Å². The van der Waals surface area contributed by atoms with E-state index in [4.69, 9.17) is 0 Å². The number of hydrogen-bond acceptors (Lipinski definition) is 4. The van der Waals surface area contributed by atoms with Gasteiger partial charge in [0.1, 0.15) is 0 Å². The molecule has 0 aromatic rings. The summed E-state index contributed by atoms with van der Waals surface area (Å²) in [6.07, 6.45) is 4.69. The molecular weight excluding hydrogens is 360 g/mol. The maximum absolute atomic E-state index is 12.6. The molecule has 1 N–H and O–H groups in total. The van der Waals surface area contributed by atoms with Crippen molar-refractivity contribution < 1.29 is 14.4 Å². The van der Waals surface area contributed by atoms with Crippen molar-refractivity contribution in [2.24, 2.45) is 23.2 Å². The summed E-state index contributed by atoms with van der Waals surface area (Å²) in [5, 5.41) is 3.07. The van der Waals surface area contributed by atoms with Gasteiger partial charge < -0.3 is 5.32 Å². The molecule has 0 aromatic heterocycles. The fraction of sp³-hybridized carbons (Fsp3) is 0.857. The summed E-state index contributed by atoms with van der Waals surface area (Å²) in [5.74, 6) is 0.0334. The fourth-order valence-electron chi connectivity index (χ4n) is 4.00. The average molecular weight is 397 g/mol. The molecule has 27 heavy (non-hydrogen) atoms. The third-order valence-corrected chi connectivity index (χ3v) is 6.24. The molecule has 6 heteroatoms. The summed E-state index contributed by atoms with van der Waals surface area (Å²) >= 11 is 4.49. The molecule has 2 rings (SSSR count). The Bertz CT molecular complexity index is 569. The summed E-state index contributed by atoms with van der Waals surface area (Å²) in [4.78, 5) is 38.7. The molecule has 2 aliphatic rings. The van der Waals surface area contributed by atoms with Crippen molar-refractivity contribution in [2.45, 2.75) is 77.9 Å². The van der Waals surface area contributed by atoms with Crippen molar-refractivity contribution in [2.75, 3.05) is 13.1 Å². The predicted octanol–water partition coefficient (Wildman–Crippen LogP) is 3.43. The van der Waals surface area contributed by atoms with E-state index in [-0.39, 0.29) is 41.4 Å². The number of thiol groups is 1. The first kappa shape index (κ1) is 22.3. The zero-order valence-electron chi connectivity index (χ0n) is 17.5. The first-order chi connectivity index (χ1) is 12.4. The lowest BCUT2D eigenvalue weighted by molar-refractivity contribution is -0.141. The van der Waals surface area contributed by atoms with Crippen LogP contribution in [0.1, 0.15) is 73.1 Å². The minimum atomic E-state index is -0.482. The van der Waals surface area contributed by atoms with Crippen LogP contribution in [0, 0.1) is 23.2 Å². The van der Waals surface area contributed by atoms with E-state index in [1.54, 1.807) is 0 Å². The number of nitrogens with one attached hydrogen (secondary N) is 1. The van der Waals surface area contributed by atoms with Crippen LogP contribution in [0.3, 0.4) is 0 Å². The number of amides is 3. The van der Waals surface area contributed by atoms with Gasteiger partial charge in [0.25, 0.3) is 0 Å². The number of rotatable bonds is 6. The van der Waals surface area contributed by atoms with Gasteiger partial charge in [-0.2, -0.15) is 12.6 Å². The van der Waals surface area contributed by atoms with Crippen molar-refractivity contribution in [1.29, 1.82) is 0 Å². The van der Waals surface area contributed by atoms with Crippen molar-refractivity contribution in [3.05, 3.63) is 0 Å². The van der Waals surface area contributed by atoms with E-state index in [9.17, 15) is 14.4 Å². The Balaban J connectivity index is 1.78. The maximum Gasteiger partial charge on any atom is 0.234 e. The zero-order chi connectivity index (χ0) is 20.4. The smallest absolute Gasteiger partial charge is 0.234 e. The Morgan fingerprint density at radius 2 is 1.70 bits per heavy atom. The van der Waals surface area contributed by atoms with Crippen molar-refractivity contribution in [1.82, 2.24) is 10.2 Å². The Kier molecular flexibility index (Phi) is 7.04. The molecule has 3 amide bonds. The third kappa shape index (κ3) is 6.23. The standard InChI is InChI=1S/C21H36N2O3S/c1-20(2,3)10-11-22-18(25)15-8-6-14(7-9-15)13-23-17(24)12-16(19(23)26)21(4,5)27/h14-16,27H,6-13H2,1-5H3,(H,22,25). The van der Waals surface area contributed by atoms with Crippen LogP contribution in [-0.4, -0.2) is 40.5 Å². The summed E-state index contributed by atoms with van der Waals surface area (Å²) in [6.45, 7) is 11.5. The van der Waals surface area contributed by atoms with Gasteiger partial charge in [-0.3, -0.25) is 19.3 Å². The van der Waals surface area contributed by atoms with Crippen LogP contribution in [0.15, 0.2) is 0 Å². The number of imide groups is 1. The third-order valence-electron chi connectivity index (χ3n) is 5.93. The first-order valence-corrected chi connectivity index (χ1v) is 10.7. The lowest BCUT2D eigenvalue weighted by Gasteiger charge is -2.31.